The van der Waals surface area contributed by atoms with Crippen molar-refractivity contribution < 1.29 is 0 Å². The minimum Gasteiger partial charge on any atom is -0.316 e. The molecule has 0 N–H and O–H groups in total. The zero-order chi connectivity index (χ0) is 29.3. The maximum absolute atomic E-state index is 2.49. The highest BCUT2D eigenvalue weighted by Gasteiger charge is 2.38. The molecule has 0 atom stereocenters. The molecule has 2 heteroatoms. The first-order chi connectivity index (χ1) is 21.0. The number of para-hydroxylation sites is 1. The zero-order valence-corrected chi connectivity index (χ0v) is 25.1. The van der Waals surface area contributed by atoms with Gasteiger partial charge in [-0.1, -0.05) is 105 Å². The number of benzene rings is 5. The fraction of sp³-hybridized carbons (Fsp3) is 0.122. The van der Waals surface area contributed by atoms with Crippen LogP contribution < -0.4 is 0 Å². The summed E-state index contributed by atoms with van der Waals surface area (Å²) in [5.41, 5.74) is 15.0. The number of hydrogen-bond acceptors (Lipinski definition) is 0. The predicted molar refractivity (Wildman–Crippen MR) is 183 cm³/mol. The molecule has 0 saturated heterocycles. The molecule has 2 aromatic heterocycles. The summed E-state index contributed by atoms with van der Waals surface area (Å²) in [6.45, 7) is 9.07. The smallest absolute Gasteiger partial charge is 0.0562 e. The van der Waals surface area contributed by atoms with E-state index in [4.69, 9.17) is 0 Å². The Bertz CT molecular complexity index is 2150. The molecule has 0 unspecified atom stereocenters. The van der Waals surface area contributed by atoms with Crippen molar-refractivity contribution in [3.8, 4) is 33.6 Å². The Morgan fingerprint density at radius 1 is 0.581 bits per heavy atom. The first kappa shape index (κ1) is 25.6. The Morgan fingerprint density at radius 3 is 1.86 bits per heavy atom. The molecule has 3 heterocycles. The summed E-state index contributed by atoms with van der Waals surface area (Å²) >= 11 is 0. The van der Waals surface area contributed by atoms with Crippen LogP contribution >= 0.6 is 0 Å². The van der Waals surface area contributed by atoms with E-state index in [0.717, 1.165) is 0 Å². The summed E-state index contributed by atoms with van der Waals surface area (Å²) in [6.07, 6.45) is 4.36. The Labute approximate surface area is 253 Å². The van der Waals surface area contributed by atoms with E-state index >= 15 is 0 Å². The largest absolute Gasteiger partial charge is 0.316 e. The first-order valence-electron chi connectivity index (χ1n) is 15.2. The molecular weight excluding hydrogens is 520 g/mol. The van der Waals surface area contributed by atoms with Crippen molar-refractivity contribution >= 4 is 27.9 Å². The highest BCUT2D eigenvalue weighted by Crippen LogP contribution is 2.48. The van der Waals surface area contributed by atoms with E-state index in [-0.39, 0.29) is 5.41 Å². The Morgan fingerprint density at radius 2 is 1.21 bits per heavy atom. The van der Waals surface area contributed by atoms with Crippen molar-refractivity contribution in [3.63, 3.8) is 0 Å². The highest BCUT2D eigenvalue weighted by atomic mass is 15.1. The van der Waals surface area contributed by atoms with Gasteiger partial charge in [-0.05, 0) is 89.7 Å². The van der Waals surface area contributed by atoms with Crippen molar-refractivity contribution in [2.45, 2.75) is 33.1 Å². The van der Waals surface area contributed by atoms with E-state index < -0.39 is 0 Å². The second-order valence-electron chi connectivity index (χ2n) is 12.3. The van der Waals surface area contributed by atoms with Gasteiger partial charge in [0.2, 0.25) is 0 Å². The summed E-state index contributed by atoms with van der Waals surface area (Å²) in [7, 11) is 0. The van der Waals surface area contributed by atoms with Gasteiger partial charge in [-0.3, -0.25) is 0 Å². The monoisotopic (exact) mass is 554 g/mol. The van der Waals surface area contributed by atoms with Gasteiger partial charge in [0.15, 0.2) is 0 Å². The van der Waals surface area contributed by atoms with E-state index in [1.807, 2.05) is 0 Å². The second-order valence-corrected chi connectivity index (χ2v) is 12.3. The Balaban J connectivity index is 1.46. The van der Waals surface area contributed by atoms with Gasteiger partial charge < -0.3 is 9.13 Å². The molecule has 0 fully saturated rings. The number of rotatable bonds is 4. The lowest BCUT2D eigenvalue weighted by atomic mass is 9.82. The van der Waals surface area contributed by atoms with Gasteiger partial charge in [0.1, 0.15) is 0 Å². The lowest BCUT2D eigenvalue weighted by molar-refractivity contribution is 0.642. The number of fused-ring (bicyclic) bond motifs is 6. The third-order valence-corrected chi connectivity index (χ3v) is 9.37. The Hall–Kier alpha value is -5.08. The number of hydrogen-bond donors (Lipinski definition) is 0. The van der Waals surface area contributed by atoms with Crippen LogP contribution in [0.5, 0.6) is 0 Å². The van der Waals surface area contributed by atoms with E-state index in [1.54, 1.807) is 0 Å². The number of nitrogens with zero attached hydrogens (tertiary/aromatic N) is 2. The summed E-state index contributed by atoms with van der Waals surface area (Å²) < 4.78 is 4.96. The maximum Gasteiger partial charge on any atom is 0.0562 e. The topological polar surface area (TPSA) is 9.86 Å². The van der Waals surface area contributed by atoms with Gasteiger partial charge >= 0.3 is 0 Å². The van der Waals surface area contributed by atoms with E-state index in [2.05, 4.69) is 170 Å². The van der Waals surface area contributed by atoms with Crippen molar-refractivity contribution in [1.29, 1.82) is 0 Å². The standard InChI is InChI=1S/C41H34N2/c1-5-14-30-24-40-41(3,4)36-25-35-34-19-12-13-20-37(34)43(38(35)26-39(36)42(40)27(30)2)33-22-31(28-15-8-6-9-16-28)21-32(23-33)29-17-10-7-11-18-29/h5-26H,1-4H3. The molecule has 2 nitrogen and oxygen atoms in total. The molecule has 8 rings (SSSR count). The summed E-state index contributed by atoms with van der Waals surface area (Å²) in [4.78, 5) is 0. The van der Waals surface area contributed by atoms with Crippen molar-refractivity contribution in [1.82, 2.24) is 9.13 Å². The van der Waals surface area contributed by atoms with Crippen LogP contribution in [0.2, 0.25) is 0 Å². The summed E-state index contributed by atoms with van der Waals surface area (Å²) in [5, 5.41) is 2.58. The van der Waals surface area contributed by atoms with Crippen LogP contribution in [-0.2, 0) is 5.41 Å². The van der Waals surface area contributed by atoms with Gasteiger partial charge in [0, 0.05) is 33.3 Å². The zero-order valence-electron chi connectivity index (χ0n) is 25.1. The Kier molecular flexibility index (Phi) is 5.64. The van der Waals surface area contributed by atoms with E-state index in [9.17, 15) is 0 Å². The van der Waals surface area contributed by atoms with Crippen LogP contribution in [0.15, 0.2) is 127 Å². The van der Waals surface area contributed by atoms with Gasteiger partial charge in [-0.25, -0.2) is 0 Å². The van der Waals surface area contributed by atoms with Crippen LogP contribution in [0.25, 0.3) is 61.5 Å². The lowest BCUT2D eigenvalue weighted by Crippen LogP contribution is -2.15. The minimum atomic E-state index is -0.0922. The quantitative estimate of drug-likeness (QED) is 0.205. The minimum absolute atomic E-state index is 0.0922. The van der Waals surface area contributed by atoms with E-state index in [1.165, 1.54) is 77.9 Å². The fourth-order valence-electron chi connectivity index (χ4n) is 7.19. The van der Waals surface area contributed by atoms with Crippen molar-refractivity contribution in [2.24, 2.45) is 0 Å². The van der Waals surface area contributed by atoms with Gasteiger partial charge in [0.05, 0.1) is 16.7 Å². The molecule has 0 bridgehead atoms. The lowest BCUT2D eigenvalue weighted by Gasteiger charge is -2.19. The van der Waals surface area contributed by atoms with Crippen LogP contribution in [0.4, 0.5) is 0 Å². The molecule has 208 valence electrons. The molecule has 0 saturated carbocycles. The van der Waals surface area contributed by atoms with Crippen molar-refractivity contribution in [2.75, 3.05) is 0 Å². The third kappa shape index (κ3) is 3.79. The van der Waals surface area contributed by atoms with Crippen LogP contribution in [0, 0.1) is 6.92 Å². The molecular formula is C41H34N2. The van der Waals surface area contributed by atoms with Crippen LogP contribution in [0.1, 0.15) is 43.3 Å². The second kappa shape index (κ2) is 9.47. The number of allylic oxidation sites excluding steroid dienone is 1. The van der Waals surface area contributed by atoms with Crippen molar-refractivity contribution in [3.05, 3.63) is 150 Å². The van der Waals surface area contributed by atoms with Crippen LogP contribution in [0.3, 0.4) is 0 Å². The van der Waals surface area contributed by atoms with E-state index in [0.29, 0.717) is 0 Å². The average Bonchev–Trinajstić information content (AvgIpc) is 3.62. The summed E-state index contributed by atoms with van der Waals surface area (Å²) in [6, 6.07) is 44.6. The molecule has 0 aliphatic carbocycles. The SMILES string of the molecule is CC=Cc1cc2n(c1C)-c1cc3c(cc1C2(C)C)c1ccccc1n3-c1cc(-c2ccccc2)cc(-c2ccccc2)c1. The molecule has 5 aromatic carbocycles. The molecule has 0 amide bonds. The molecule has 0 radical (unpaired) electrons. The number of aromatic nitrogens is 2. The van der Waals surface area contributed by atoms with Gasteiger partial charge in [-0.15, -0.1) is 0 Å². The fourth-order valence-corrected chi connectivity index (χ4v) is 7.19. The van der Waals surface area contributed by atoms with Gasteiger partial charge in [-0.2, -0.15) is 0 Å². The predicted octanol–water partition coefficient (Wildman–Crippen LogP) is 10.9. The van der Waals surface area contributed by atoms with Crippen LogP contribution in [-0.4, -0.2) is 9.13 Å². The third-order valence-electron chi connectivity index (χ3n) is 9.37. The summed E-state index contributed by atoms with van der Waals surface area (Å²) in [5.74, 6) is 0. The highest BCUT2D eigenvalue weighted by molar-refractivity contribution is 6.10. The molecule has 43 heavy (non-hydrogen) atoms. The van der Waals surface area contributed by atoms with Gasteiger partial charge in [0.25, 0.3) is 0 Å². The molecule has 1 aliphatic heterocycles. The first-order valence-corrected chi connectivity index (χ1v) is 15.2. The maximum atomic E-state index is 2.49. The molecule has 1 aliphatic rings. The average molecular weight is 555 g/mol. The normalized spacial score (nSPS) is 13.7. The molecule has 7 aromatic rings. The molecule has 0 spiro atoms.